The lowest BCUT2D eigenvalue weighted by atomic mass is 10.1. The van der Waals surface area contributed by atoms with Crippen LogP contribution in [0.5, 0.6) is 0 Å². The summed E-state index contributed by atoms with van der Waals surface area (Å²) in [5.74, 6) is -0.669. The van der Waals surface area contributed by atoms with E-state index in [0.29, 0.717) is 24.9 Å². The van der Waals surface area contributed by atoms with Crippen molar-refractivity contribution < 1.29 is 48.5 Å². The van der Waals surface area contributed by atoms with Crippen LogP contribution in [-0.2, 0) is 33.2 Å². The first kappa shape index (κ1) is 25.3. The highest BCUT2D eigenvalue weighted by molar-refractivity contribution is 9.09. The van der Waals surface area contributed by atoms with Crippen molar-refractivity contribution in [3.8, 4) is 0 Å². The third-order valence-corrected chi connectivity index (χ3v) is 5.27. The molecule has 0 aromatic rings. The van der Waals surface area contributed by atoms with Crippen molar-refractivity contribution in [3.05, 3.63) is 0 Å². The molecule has 0 unspecified atom stereocenters. The fraction of sp³-hybridized carbons (Fsp3) is 1.00. The number of halogens is 1. The Morgan fingerprint density at radius 2 is 1.10 bits per heavy atom. The first-order valence-electron chi connectivity index (χ1n) is 9.91. The van der Waals surface area contributed by atoms with Gasteiger partial charge in [-0.25, -0.2) is 0 Å². The van der Waals surface area contributed by atoms with Crippen molar-refractivity contribution in [1.82, 2.24) is 0 Å². The summed E-state index contributed by atoms with van der Waals surface area (Å²) in [4.78, 5) is 0. The molecule has 29 heavy (non-hydrogen) atoms. The SMILES string of the molecule is BrCCCC12OCC(CO1)CO2.OCO.OCOCCCC12OCC(CO1)CO2. The van der Waals surface area contributed by atoms with E-state index in [1.807, 2.05) is 0 Å². The Labute approximate surface area is 179 Å². The Hall–Kier alpha value is 0.0800. The lowest BCUT2D eigenvalue weighted by Crippen LogP contribution is -2.53. The minimum Gasteiger partial charge on any atom is -0.371 e. The van der Waals surface area contributed by atoms with Gasteiger partial charge in [0.15, 0.2) is 0 Å². The molecule has 6 rings (SSSR count). The maximum absolute atomic E-state index is 8.42. The molecular formula is C18H33BrO10. The monoisotopic (exact) mass is 488 g/mol. The molecule has 6 saturated heterocycles. The number of alkyl halides is 1. The minimum absolute atomic E-state index is 0.238. The van der Waals surface area contributed by atoms with Gasteiger partial charge in [0.1, 0.15) is 13.6 Å². The highest BCUT2D eigenvalue weighted by atomic mass is 79.9. The van der Waals surface area contributed by atoms with E-state index in [2.05, 4.69) is 15.9 Å². The normalized spacial score (nSPS) is 34.8. The number of ether oxygens (including phenoxy) is 7. The number of aliphatic hydroxyl groups excluding tert-OH is 2. The Morgan fingerprint density at radius 3 is 1.45 bits per heavy atom. The molecule has 4 bridgehead atoms. The van der Waals surface area contributed by atoms with Gasteiger partial charge in [-0.1, -0.05) is 15.9 Å². The molecule has 0 amide bonds. The molecule has 0 saturated carbocycles. The third kappa shape index (κ3) is 8.26. The van der Waals surface area contributed by atoms with Crippen LogP contribution in [0.3, 0.4) is 0 Å². The highest BCUT2D eigenvalue weighted by Gasteiger charge is 2.44. The molecule has 6 aliphatic heterocycles. The van der Waals surface area contributed by atoms with Crippen LogP contribution in [0.25, 0.3) is 0 Å². The first-order chi connectivity index (χ1) is 14.1. The van der Waals surface area contributed by atoms with Crippen LogP contribution >= 0.6 is 15.9 Å². The topological polar surface area (TPSA) is 125 Å². The predicted octanol–water partition coefficient (Wildman–Crippen LogP) is 0.517. The van der Waals surface area contributed by atoms with Crippen LogP contribution < -0.4 is 0 Å². The Bertz CT molecular complexity index is 397. The van der Waals surface area contributed by atoms with E-state index in [9.17, 15) is 0 Å². The first-order valence-corrected chi connectivity index (χ1v) is 11.0. The van der Waals surface area contributed by atoms with Gasteiger partial charge in [0.05, 0.1) is 39.6 Å². The Kier molecular flexibility index (Phi) is 11.8. The molecule has 0 spiro atoms. The summed E-state index contributed by atoms with van der Waals surface area (Å²) in [6, 6.07) is 0. The zero-order valence-electron chi connectivity index (χ0n) is 16.6. The van der Waals surface area contributed by atoms with E-state index in [1.165, 1.54) is 0 Å². The van der Waals surface area contributed by atoms with E-state index in [0.717, 1.165) is 64.2 Å². The van der Waals surface area contributed by atoms with Gasteiger partial charge in [-0.05, 0) is 12.8 Å². The van der Waals surface area contributed by atoms with Crippen LogP contribution in [0.2, 0.25) is 0 Å². The maximum Gasteiger partial charge on any atom is 0.283 e. The molecule has 0 atom stereocenters. The summed E-state index contributed by atoms with van der Waals surface area (Å²) in [7, 11) is 0. The standard InChI is InChI=1S/C9H16O5.C8H13BrO3.CH4O2/c10-7-11-3-1-2-9-12-4-8(5-13-9)6-14-9;9-3-1-2-8-10-4-7(5-11-8)6-12-8;2-1-3/h8,10H,1-7H2;7H,1-6H2;2-3H,1H2. The van der Waals surface area contributed by atoms with Crippen LogP contribution in [0, 0.1) is 11.8 Å². The van der Waals surface area contributed by atoms with Crippen LogP contribution in [-0.4, -0.2) is 92.4 Å². The van der Waals surface area contributed by atoms with Crippen LogP contribution in [0.4, 0.5) is 0 Å². The lowest BCUT2D eigenvalue weighted by Gasteiger charge is -2.45. The van der Waals surface area contributed by atoms with Gasteiger partial charge in [0, 0.05) is 36.6 Å². The summed E-state index contributed by atoms with van der Waals surface area (Å²) < 4.78 is 37.8. The van der Waals surface area contributed by atoms with Crippen molar-refractivity contribution in [2.45, 2.75) is 37.6 Å². The summed E-state index contributed by atoms with van der Waals surface area (Å²) >= 11 is 3.38. The predicted molar refractivity (Wildman–Crippen MR) is 103 cm³/mol. The van der Waals surface area contributed by atoms with Crippen LogP contribution in [0.1, 0.15) is 25.7 Å². The molecular weight excluding hydrogens is 456 g/mol. The zero-order chi connectivity index (χ0) is 21.0. The van der Waals surface area contributed by atoms with Crippen molar-refractivity contribution in [1.29, 1.82) is 0 Å². The van der Waals surface area contributed by atoms with E-state index < -0.39 is 18.7 Å². The van der Waals surface area contributed by atoms with Gasteiger partial charge >= 0.3 is 0 Å². The van der Waals surface area contributed by atoms with Crippen molar-refractivity contribution in [3.63, 3.8) is 0 Å². The average Bonchev–Trinajstić information content (AvgIpc) is 2.79. The fourth-order valence-corrected chi connectivity index (χ4v) is 3.46. The van der Waals surface area contributed by atoms with Crippen molar-refractivity contribution in [2.75, 3.05) is 65.2 Å². The Morgan fingerprint density at radius 1 is 0.724 bits per heavy atom. The molecule has 0 aliphatic carbocycles. The van der Waals surface area contributed by atoms with Gasteiger partial charge in [-0.3, -0.25) is 0 Å². The summed E-state index contributed by atoms with van der Waals surface area (Å²) in [6.45, 7) is 4.06. The molecule has 6 fully saturated rings. The molecule has 3 N–H and O–H groups in total. The molecule has 6 aliphatic rings. The van der Waals surface area contributed by atoms with Crippen LogP contribution in [0.15, 0.2) is 0 Å². The van der Waals surface area contributed by atoms with Gasteiger partial charge in [-0.15, -0.1) is 0 Å². The second kappa shape index (κ2) is 13.5. The number of hydrogen-bond acceptors (Lipinski definition) is 10. The van der Waals surface area contributed by atoms with Crippen molar-refractivity contribution >= 4 is 15.9 Å². The van der Waals surface area contributed by atoms with Gasteiger partial charge < -0.3 is 48.5 Å². The second-order valence-corrected chi connectivity index (χ2v) is 7.83. The third-order valence-electron chi connectivity index (χ3n) is 4.71. The highest BCUT2D eigenvalue weighted by Crippen LogP contribution is 2.34. The molecule has 11 heteroatoms. The van der Waals surface area contributed by atoms with Gasteiger partial charge in [0.2, 0.25) is 0 Å². The van der Waals surface area contributed by atoms with Gasteiger partial charge in [-0.2, -0.15) is 0 Å². The Balaban J connectivity index is 0.000000184. The number of hydrogen-bond donors (Lipinski definition) is 3. The van der Waals surface area contributed by atoms with E-state index in [-0.39, 0.29) is 6.79 Å². The van der Waals surface area contributed by atoms with E-state index >= 15 is 0 Å². The number of aliphatic hydroxyl groups is 3. The van der Waals surface area contributed by atoms with Crippen molar-refractivity contribution in [2.24, 2.45) is 11.8 Å². The van der Waals surface area contributed by atoms with E-state index in [4.69, 9.17) is 48.5 Å². The molecule has 10 nitrogen and oxygen atoms in total. The van der Waals surface area contributed by atoms with Gasteiger partial charge in [0.25, 0.3) is 11.9 Å². The summed E-state index contributed by atoms with van der Waals surface area (Å²) in [5.41, 5.74) is 0. The molecule has 6 heterocycles. The zero-order valence-corrected chi connectivity index (χ0v) is 18.2. The molecule has 172 valence electrons. The fourth-order valence-electron chi connectivity index (χ4n) is 3.18. The summed E-state index contributed by atoms with van der Waals surface area (Å²) in [6.07, 6.45) is 3.25. The molecule has 0 aromatic heterocycles. The molecule has 0 aromatic carbocycles. The minimum atomic E-state index is -0.826. The average molecular weight is 489 g/mol. The second-order valence-electron chi connectivity index (χ2n) is 7.04. The number of fused-ring (bicyclic) bond motifs is 6. The summed E-state index contributed by atoms with van der Waals surface area (Å²) in [5, 5.41) is 23.6. The number of rotatable bonds is 8. The van der Waals surface area contributed by atoms with E-state index in [1.54, 1.807) is 0 Å². The largest absolute Gasteiger partial charge is 0.371 e. The molecule has 0 radical (unpaired) electrons. The quantitative estimate of drug-likeness (QED) is 0.252. The smallest absolute Gasteiger partial charge is 0.283 e. The lowest BCUT2D eigenvalue weighted by molar-refractivity contribution is -0.450. The maximum atomic E-state index is 8.42.